The van der Waals surface area contributed by atoms with Crippen LogP contribution in [0, 0.1) is 0 Å². The van der Waals surface area contributed by atoms with Crippen LogP contribution in [0.15, 0.2) is 18.3 Å². The number of carboxylic acids is 1. The van der Waals surface area contributed by atoms with Gasteiger partial charge in [0.25, 0.3) is 0 Å². The Morgan fingerprint density at radius 2 is 2.26 bits per heavy atom. The third-order valence-electron chi connectivity index (χ3n) is 2.91. The van der Waals surface area contributed by atoms with Gasteiger partial charge < -0.3 is 14.7 Å². The summed E-state index contributed by atoms with van der Waals surface area (Å²) in [6.45, 7) is 1.97. The molecule has 1 aromatic rings. The number of carbonyl (C=O) groups excluding carboxylic acids is 2. The number of halogens is 1. The summed E-state index contributed by atoms with van der Waals surface area (Å²) < 4.78 is 4.82. The molecule has 2 amide bonds. The maximum atomic E-state index is 11.9. The predicted molar refractivity (Wildman–Crippen MR) is 84.2 cm³/mol. The molecule has 0 unspecified atom stereocenters. The molecular weight excluding hydrogens is 326 g/mol. The molecule has 23 heavy (non-hydrogen) atoms. The molecule has 0 saturated heterocycles. The first kappa shape index (κ1) is 18.4. The lowest BCUT2D eigenvalue weighted by Gasteiger charge is -2.27. The number of rotatable bonds is 5. The first-order valence-electron chi connectivity index (χ1n) is 6.61. The fraction of sp³-hybridized carbons (Fsp3) is 0.286. The Morgan fingerprint density at radius 3 is 2.91 bits per heavy atom. The first-order chi connectivity index (χ1) is 10.5. The fourth-order valence-electron chi connectivity index (χ4n) is 1.97. The van der Waals surface area contributed by atoms with Crippen molar-refractivity contribution in [3.8, 4) is 0 Å². The summed E-state index contributed by atoms with van der Waals surface area (Å²) in [4.78, 5) is 39.2. The number of anilines is 1. The zero-order valence-corrected chi connectivity index (χ0v) is 13.1. The van der Waals surface area contributed by atoms with Crippen LogP contribution in [0.2, 0.25) is 0 Å². The largest absolute Gasteiger partial charge is 0.478 e. The molecule has 0 radical (unpaired) electrons. The van der Waals surface area contributed by atoms with Gasteiger partial charge >= 0.3 is 18.0 Å². The van der Waals surface area contributed by atoms with Crippen LogP contribution in [0.3, 0.4) is 0 Å². The molecule has 0 atom stereocenters. The van der Waals surface area contributed by atoms with Crippen LogP contribution in [0.25, 0.3) is 6.08 Å². The summed E-state index contributed by atoms with van der Waals surface area (Å²) in [5.41, 5.74) is 1.28. The Hall–Kier alpha value is -2.61. The van der Waals surface area contributed by atoms with Crippen LogP contribution in [0.1, 0.15) is 18.1 Å². The van der Waals surface area contributed by atoms with Gasteiger partial charge in [-0.3, -0.25) is 10.1 Å². The highest BCUT2D eigenvalue weighted by Crippen LogP contribution is 2.22. The third-order valence-corrected chi connectivity index (χ3v) is 2.91. The number of aliphatic carboxylic acids is 1. The highest BCUT2D eigenvalue weighted by molar-refractivity contribution is 5.93. The van der Waals surface area contributed by atoms with E-state index < -0.39 is 18.0 Å². The summed E-state index contributed by atoms with van der Waals surface area (Å²) in [5.74, 6) is -1.15. The Balaban J connectivity index is 0.00000264. The van der Waals surface area contributed by atoms with E-state index in [9.17, 15) is 14.4 Å². The lowest BCUT2D eigenvalue weighted by Crippen LogP contribution is -2.42. The second kappa shape index (κ2) is 8.14. The van der Waals surface area contributed by atoms with Gasteiger partial charge in [-0.25, -0.2) is 14.6 Å². The molecule has 2 N–H and O–H groups in total. The van der Waals surface area contributed by atoms with Gasteiger partial charge in [-0.1, -0.05) is 0 Å². The molecule has 0 bridgehead atoms. The number of hydrogen-bond acceptors (Lipinski definition) is 5. The van der Waals surface area contributed by atoms with Crippen LogP contribution >= 0.6 is 12.4 Å². The van der Waals surface area contributed by atoms with Crippen molar-refractivity contribution in [2.45, 2.75) is 13.5 Å². The maximum Gasteiger partial charge on any atom is 0.328 e. The highest BCUT2D eigenvalue weighted by atomic mass is 35.5. The zero-order valence-electron chi connectivity index (χ0n) is 12.3. The molecule has 8 nitrogen and oxygen atoms in total. The molecule has 2 heterocycles. The molecule has 0 aromatic carbocycles. The van der Waals surface area contributed by atoms with Crippen molar-refractivity contribution in [3.63, 3.8) is 0 Å². The molecule has 9 heteroatoms. The van der Waals surface area contributed by atoms with Crippen molar-refractivity contribution >= 4 is 42.3 Å². The number of aromatic nitrogens is 1. The van der Waals surface area contributed by atoms with E-state index in [-0.39, 0.29) is 32.1 Å². The van der Waals surface area contributed by atoms with Crippen molar-refractivity contribution in [3.05, 3.63) is 29.5 Å². The minimum absolute atomic E-state index is 0. The summed E-state index contributed by atoms with van der Waals surface area (Å²) in [7, 11) is 0. The number of pyridine rings is 1. The number of urea groups is 1. The number of carboxylic acid groups (broad SMARTS) is 1. The van der Waals surface area contributed by atoms with E-state index in [2.05, 4.69) is 10.3 Å². The van der Waals surface area contributed by atoms with Gasteiger partial charge in [0, 0.05) is 17.8 Å². The van der Waals surface area contributed by atoms with Crippen molar-refractivity contribution in [2.24, 2.45) is 0 Å². The molecule has 124 valence electrons. The summed E-state index contributed by atoms with van der Waals surface area (Å²) >= 11 is 0. The Bertz CT molecular complexity index is 647. The standard InChI is InChI=1S/C14H15N3O5.ClH/c1-2-22-12(20)8-17-7-10-5-9(3-4-11(18)19)6-15-13(10)16-14(17)21;/h3-6H,2,7-8H2,1H3,(H,18,19)(H,15,16,21);1H. The summed E-state index contributed by atoms with van der Waals surface area (Å²) in [6, 6.07) is 1.28. The summed E-state index contributed by atoms with van der Waals surface area (Å²) in [5, 5.41) is 11.2. The zero-order chi connectivity index (χ0) is 16.1. The van der Waals surface area contributed by atoms with E-state index in [1.807, 2.05) is 0 Å². The minimum Gasteiger partial charge on any atom is -0.478 e. The topological polar surface area (TPSA) is 109 Å². The van der Waals surface area contributed by atoms with E-state index in [0.29, 0.717) is 16.9 Å². The maximum absolute atomic E-state index is 11.9. The highest BCUT2D eigenvalue weighted by Gasteiger charge is 2.25. The minimum atomic E-state index is -1.06. The van der Waals surface area contributed by atoms with Crippen molar-refractivity contribution in [1.82, 2.24) is 9.88 Å². The van der Waals surface area contributed by atoms with E-state index in [1.165, 1.54) is 17.2 Å². The van der Waals surface area contributed by atoms with Gasteiger partial charge in [0.15, 0.2) is 0 Å². The van der Waals surface area contributed by atoms with E-state index in [1.54, 1.807) is 13.0 Å². The van der Waals surface area contributed by atoms with E-state index >= 15 is 0 Å². The van der Waals surface area contributed by atoms with Crippen molar-refractivity contribution < 1.29 is 24.2 Å². The van der Waals surface area contributed by atoms with Gasteiger partial charge in [0.05, 0.1) is 13.2 Å². The molecule has 1 aliphatic rings. The van der Waals surface area contributed by atoms with Crippen molar-refractivity contribution in [2.75, 3.05) is 18.5 Å². The number of amides is 2. The van der Waals surface area contributed by atoms with Gasteiger partial charge in [-0.05, 0) is 24.6 Å². The fourth-order valence-corrected chi connectivity index (χ4v) is 1.97. The Labute approximate surface area is 138 Å². The quantitative estimate of drug-likeness (QED) is 0.620. The van der Waals surface area contributed by atoms with Crippen LogP contribution in [-0.4, -0.2) is 46.1 Å². The normalized spacial score (nSPS) is 13.1. The summed E-state index contributed by atoms with van der Waals surface area (Å²) in [6.07, 6.45) is 3.86. The van der Waals surface area contributed by atoms with Gasteiger partial charge in [0.2, 0.25) is 0 Å². The number of nitrogens with zero attached hydrogens (tertiary/aromatic N) is 2. The molecule has 1 aliphatic heterocycles. The molecule has 0 aliphatic carbocycles. The number of esters is 1. The van der Waals surface area contributed by atoms with Crippen LogP contribution in [-0.2, 0) is 20.9 Å². The van der Waals surface area contributed by atoms with E-state index in [0.717, 1.165) is 6.08 Å². The van der Waals surface area contributed by atoms with Crippen LogP contribution < -0.4 is 5.32 Å². The average molecular weight is 342 g/mol. The average Bonchev–Trinajstić information content (AvgIpc) is 2.46. The first-order valence-corrected chi connectivity index (χ1v) is 6.61. The van der Waals surface area contributed by atoms with Crippen molar-refractivity contribution in [1.29, 1.82) is 0 Å². The monoisotopic (exact) mass is 341 g/mol. The molecule has 0 saturated carbocycles. The number of nitrogens with one attached hydrogen (secondary N) is 1. The number of carbonyl (C=O) groups is 3. The Morgan fingerprint density at radius 1 is 1.52 bits per heavy atom. The molecule has 0 fully saturated rings. The van der Waals surface area contributed by atoms with Gasteiger partial charge in [-0.15, -0.1) is 12.4 Å². The smallest absolute Gasteiger partial charge is 0.328 e. The van der Waals surface area contributed by atoms with Gasteiger partial charge in [-0.2, -0.15) is 0 Å². The lowest BCUT2D eigenvalue weighted by atomic mass is 10.1. The third kappa shape index (κ3) is 4.96. The molecule has 2 rings (SSSR count). The predicted octanol–water partition coefficient (Wildman–Crippen LogP) is 1.51. The van der Waals surface area contributed by atoms with Crippen LogP contribution in [0.4, 0.5) is 10.6 Å². The van der Waals surface area contributed by atoms with Crippen LogP contribution in [0.5, 0.6) is 0 Å². The lowest BCUT2D eigenvalue weighted by molar-refractivity contribution is -0.143. The van der Waals surface area contributed by atoms with Gasteiger partial charge in [0.1, 0.15) is 12.4 Å². The van der Waals surface area contributed by atoms with E-state index in [4.69, 9.17) is 9.84 Å². The SMILES string of the molecule is CCOC(=O)CN1Cc2cc(C=CC(=O)O)cnc2NC1=O.Cl. The molecular formula is C14H16ClN3O5. The number of fused-ring (bicyclic) bond motifs is 1. The second-order valence-corrected chi connectivity index (χ2v) is 4.54. The Kier molecular flexibility index (Phi) is 6.52. The molecule has 1 aromatic heterocycles. The number of hydrogen-bond donors (Lipinski definition) is 2. The molecule has 0 spiro atoms. The number of ether oxygens (including phenoxy) is 1. The second-order valence-electron chi connectivity index (χ2n) is 4.54.